The predicted octanol–water partition coefficient (Wildman–Crippen LogP) is 12.8. The van der Waals surface area contributed by atoms with E-state index in [2.05, 4.69) is 121 Å². The third kappa shape index (κ3) is 4.84. The second kappa shape index (κ2) is 11.3. The summed E-state index contributed by atoms with van der Waals surface area (Å²) in [6, 6.07) is 55.7. The predicted molar refractivity (Wildman–Crippen MR) is 203 cm³/mol. The fourth-order valence-electron chi connectivity index (χ4n) is 6.73. The summed E-state index contributed by atoms with van der Waals surface area (Å²) < 4.78 is 5.13. The van der Waals surface area contributed by atoms with Gasteiger partial charge in [0.05, 0.1) is 23.3 Å². The minimum Gasteiger partial charge on any atom is -0.192 e. The van der Waals surface area contributed by atoms with Gasteiger partial charge in [-0.2, -0.15) is 10.5 Å². The Morgan fingerprint density at radius 1 is 0.312 bits per heavy atom. The third-order valence-corrected chi connectivity index (χ3v) is 11.4. The molecule has 0 saturated carbocycles. The molecule has 0 radical (unpaired) electrons. The molecule has 2 nitrogen and oxygen atoms in total. The summed E-state index contributed by atoms with van der Waals surface area (Å²) in [5.74, 6) is 0. The SMILES string of the molecule is N#Cc1cccc(-c2cc(C#N)cc(-c3cc(-c4ccc5sc6ccccc6c5c4)cc(-c4ccc5sc6ccccc6c5c4)c3)c2)c1. The summed E-state index contributed by atoms with van der Waals surface area (Å²) >= 11 is 3.65. The van der Waals surface area contributed by atoms with Gasteiger partial charge < -0.3 is 0 Å². The van der Waals surface area contributed by atoms with Crippen molar-refractivity contribution in [2.45, 2.75) is 0 Å². The van der Waals surface area contributed by atoms with Crippen LogP contribution in [0.3, 0.4) is 0 Å². The van der Waals surface area contributed by atoms with Crippen molar-refractivity contribution >= 4 is 63.0 Å². The zero-order valence-electron chi connectivity index (χ0n) is 25.6. The Balaban J connectivity index is 1.27. The van der Waals surface area contributed by atoms with Crippen molar-refractivity contribution in [3.63, 3.8) is 0 Å². The first-order chi connectivity index (χ1) is 23.6. The normalized spacial score (nSPS) is 11.3. The summed E-state index contributed by atoms with van der Waals surface area (Å²) in [6.07, 6.45) is 0. The summed E-state index contributed by atoms with van der Waals surface area (Å²) in [5.41, 5.74) is 9.50. The molecule has 0 aliphatic heterocycles. The molecule has 2 heterocycles. The number of benzene rings is 7. The van der Waals surface area contributed by atoms with Crippen molar-refractivity contribution in [1.82, 2.24) is 0 Å². The minimum absolute atomic E-state index is 0.578. The van der Waals surface area contributed by atoms with Crippen LogP contribution in [0, 0.1) is 22.7 Å². The highest BCUT2D eigenvalue weighted by Crippen LogP contribution is 2.41. The first-order valence-electron chi connectivity index (χ1n) is 15.7. The minimum atomic E-state index is 0.578. The van der Waals surface area contributed by atoms with Crippen molar-refractivity contribution in [3.8, 4) is 56.6 Å². The number of hydrogen-bond donors (Lipinski definition) is 0. The highest BCUT2D eigenvalue weighted by Gasteiger charge is 2.14. The van der Waals surface area contributed by atoms with E-state index in [1.165, 1.54) is 40.3 Å². The summed E-state index contributed by atoms with van der Waals surface area (Å²) in [5, 5.41) is 24.7. The molecule has 0 aliphatic rings. The van der Waals surface area contributed by atoms with Gasteiger partial charge in [-0.25, -0.2) is 0 Å². The molecule has 0 spiro atoms. The van der Waals surface area contributed by atoms with Crippen LogP contribution in [-0.2, 0) is 0 Å². The van der Waals surface area contributed by atoms with Gasteiger partial charge in [-0.1, -0.05) is 60.7 Å². The van der Waals surface area contributed by atoms with E-state index in [9.17, 15) is 10.5 Å². The molecule has 2 aromatic heterocycles. The first kappa shape index (κ1) is 28.2. The molecule has 0 fully saturated rings. The molecule has 7 aromatic carbocycles. The molecule has 0 atom stereocenters. The Bertz CT molecular complexity index is 2690. The van der Waals surface area contributed by atoms with Crippen molar-refractivity contribution in [2.24, 2.45) is 0 Å². The van der Waals surface area contributed by atoms with Gasteiger partial charge in [0.25, 0.3) is 0 Å². The first-order valence-corrected chi connectivity index (χ1v) is 17.3. The number of thiophene rings is 2. The lowest BCUT2D eigenvalue weighted by Gasteiger charge is -2.13. The number of fused-ring (bicyclic) bond motifs is 6. The second-order valence-corrected chi connectivity index (χ2v) is 14.2. The number of rotatable bonds is 4. The van der Waals surface area contributed by atoms with E-state index in [0.29, 0.717) is 11.1 Å². The van der Waals surface area contributed by atoms with Gasteiger partial charge in [-0.15, -0.1) is 22.7 Å². The van der Waals surface area contributed by atoms with Crippen LogP contribution in [0.1, 0.15) is 11.1 Å². The highest BCUT2D eigenvalue weighted by molar-refractivity contribution is 7.26. The third-order valence-electron chi connectivity index (χ3n) is 9.07. The molecule has 4 heteroatoms. The lowest BCUT2D eigenvalue weighted by molar-refractivity contribution is 1.46. The Hall–Kier alpha value is -6.04. The van der Waals surface area contributed by atoms with Gasteiger partial charge in [0.15, 0.2) is 0 Å². The molecule has 0 unspecified atom stereocenters. The lowest BCUT2D eigenvalue weighted by Crippen LogP contribution is -1.89. The van der Waals surface area contributed by atoms with Crippen molar-refractivity contribution < 1.29 is 0 Å². The maximum atomic E-state index is 10.1. The smallest absolute Gasteiger partial charge is 0.0992 e. The largest absolute Gasteiger partial charge is 0.192 e. The van der Waals surface area contributed by atoms with E-state index in [1.54, 1.807) is 6.07 Å². The van der Waals surface area contributed by atoms with E-state index < -0.39 is 0 Å². The number of hydrogen-bond acceptors (Lipinski definition) is 4. The van der Waals surface area contributed by atoms with E-state index >= 15 is 0 Å². The van der Waals surface area contributed by atoms with E-state index in [1.807, 2.05) is 53.0 Å². The van der Waals surface area contributed by atoms with Crippen LogP contribution in [0.5, 0.6) is 0 Å². The zero-order valence-corrected chi connectivity index (χ0v) is 27.2. The maximum absolute atomic E-state index is 10.1. The zero-order chi connectivity index (χ0) is 32.2. The van der Waals surface area contributed by atoms with E-state index in [0.717, 1.165) is 44.5 Å². The lowest BCUT2D eigenvalue weighted by atomic mass is 9.90. The van der Waals surface area contributed by atoms with Crippen molar-refractivity contribution in [2.75, 3.05) is 0 Å². The van der Waals surface area contributed by atoms with Gasteiger partial charge in [0.2, 0.25) is 0 Å². The van der Waals surface area contributed by atoms with Crippen LogP contribution in [0.25, 0.3) is 84.9 Å². The molecule has 0 amide bonds. The number of nitrogens with zero attached hydrogens (tertiary/aromatic N) is 2. The van der Waals surface area contributed by atoms with Crippen LogP contribution >= 0.6 is 22.7 Å². The maximum Gasteiger partial charge on any atom is 0.0992 e. The molecule has 0 N–H and O–H groups in total. The Morgan fingerprint density at radius 3 is 1.27 bits per heavy atom. The Labute approximate surface area is 285 Å². The molecule has 48 heavy (non-hydrogen) atoms. The van der Waals surface area contributed by atoms with Crippen LogP contribution in [0.15, 0.2) is 146 Å². The molecular weight excluding hydrogens is 621 g/mol. The molecule has 222 valence electrons. The van der Waals surface area contributed by atoms with Gasteiger partial charge >= 0.3 is 0 Å². The molecular formula is C44H24N2S2. The Morgan fingerprint density at radius 2 is 0.729 bits per heavy atom. The molecule has 9 aromatic rings. The average Bonchev–Trinajstić information content (AvgIpc) is 3.72. The quantitative estimate of drug-likeness (QED) is 0.191. The molecule has 9 rings (SSSR count). The highest BCUT2D eigenvalue weighted by atomic mass is 32.1. The van der Waals surface area contributed by atoms with Gasteiger partial charge in [-0.05, 0) is 129 Å². The van der Waals surface area contributed by atoms with E-state index in [4.69, 9.17) is 0 Å². The van der Waals surface area contributed by atoms with Crippen molar-refractivity contribution in [1.29, 1.82) is 10.5 Å². The molecule has 0 bridgehead atoms. The standard InChI is InChI=1S/C44H24N2S2/c45-25-27-6-5-7-29(16-27)32-17-28(26-46)18-33(19-32)36-21-34(30-12-14-43-39(23-30)37-8-1-3-10-41(37)47-43)20-35(22-36)31-13-15-44-40(24-31)38-9-2-4-11-42(38)48-44/h1-24H. The fraction of sp³-hybridized carbons (Fsp3) is 0. The number of nitriles is 2. The van der Waals surface area contributed by atoms with Gasteiger partial charge in [0, 0.05) is 40.3 Å². The van der Waals surface area contributed by atoms with Crippen LogP contribution in [-0.4, -0.2) is 0 Å². The van der Waals surface area contributed by atoms with Crippen LogP contribution in [0.4, 0.5) is 0 Å². The van der Waals surface area contributed by atoms with Gasteiger partial charge in [0.1, 0.15) is 0 Å². The molecule has 0 aliphatic carbocycles. The topological polar surface area (TPSA) is 47.6 Å². The van der Waals surface area contributed by atoms with Crippen LogP contribution < -0.4 is 0 Å². The average molecular weight is 645 g/mol. The van der Waals surface area contributed by atoms with E-state index in [-0.39, 0.29) is 0 Å². The van der Waals surface area contributed by atoms with Crippen LogP contribution in [0.2, 0.25) is 0 Å². The monoisotopic (exact) mass is 644 g/mol. The summed E-state index contributed by atoms with van der Waals surface area (Å²) in [7, 11) is 0. The fourth-order valence-corrected chi connectivity index (χ4v) is 8.91. The molecule has 0 saturated heterocycles. The van der Waals surface area contributed by atoms with Crippen molar-refractivity contribution in [3.05, 3.63) is 157 Å². The summed E-state index contributed by atoms with van der Waals surface area (Å²) in [4.78, 5) is 0. The summed E-state index contributed by atoms with van der Waals surface area (Å²) in [6.45, 7) is 0. The van der Waals surface area contributed by atoms with Gasteiger partial charge in [-0.3, -0.25) is 0 Å². The second-order valence-electron chi connectivity index (χ2n) is 12.0. The Kier molecular flexibility index (Phi) is 6.66.